The van der Waals surface area contributed by atoms with Crippen LogP contribution >= 0.6 is 0 Å². The fourth-order valence-electron chi connectivity index (χ4n) is 1.59. The molecule has 0 atom stereocenters. The summed E-state index contributed by atoms with van der Waals surface area (Å²) in [6.45, 7) is 7.44. The van der Waals surface area contributed by atoms with Gasteiger partial charge >= 0.3 is 5.97 Å². The molecule has 0 rings (SSSR count). The Balaban J connectivity index is 4.10. The van der Waals surface area contributed by atoms with Gasteiger partial charge in [0.25, 0.3) is 0 Å². The molecular weight excluding hydrogens is 218 g/mol. The Hall–Kier alpha value is -0.870. The Bertz CT molecular complexity index is 249. The molecule has 0 spiro atoms. The van der Waals surface area contributed by atoms with Crippen molar-refractivity contribution in [1.29, 1.82) is 0 Å². The van der Waals surface area contributed by atoms with Gasteiger partial charge in [-0.3, -0.25) is 0 Å². The first-order chi connectivity index (χ1) is 8.05. The number of ether oxygens (including phenoxy) is 1. The summed E-state index contributed by atoms with van der Waals surface area (Å²) in [5, 5.41) is 12.6. The number of carbonyl (C=O) groups is 1. The van der Waals surface area contributed by atoms with E-state index in [1.807, 2.05) is 0 Å². The van der Waals surface area contributed by atoms with Gasteiger partial charge in [0.1, 0.15) is 0 Å². The molecule has 0 aliphatic carbocycles. The van der Waals surface area contributed by atoms with Gasteiger partial charge in [0.2, 0.25) is 0 Å². The third kappa shape index (κ3) is 5.33. The first kappa shape index (κ1) is 16.1. The lowest BCUT2D eigenvalue weighted by molar-refractivity contribution is -0.136. The fraction of sp³-hybridized carbons (Fsp3) is 0.769. The Morgan fingerprint density at radius 2 is 2.00 bits per heavy atom. The average molecular weight is 243 g/mol. The SMILES string of the molecule is CCC(CC)(CO)CNC/C=C(/C)C(=O)OC. The highest BCUT2D eigenvalue weighted by molar-refractivity contribution is 5.87. The molecule has 0 aliphatic heterocycles. The third-order valence-electron chi connectivity index (χ3n) is 3.40. The molecule has 0 unspecified atom stereocenters. The number of hydrogen-bond acceptors (Lipinski definition) is 4. The van der Waals surface area contributed by atoms with Crippen molar-refractivity contribution in [3.63, 3.8) is 0 Å². The molecule has 4 heteroatoms. The van der Waals surface area contributed by atoms with Crippen LogP contribution in [-0.4, -0.2) is 37.9 Å². The molecule has 0 saturated heterocycles. The largest absolute Gasteiger partial charge is 0.466 e. The van der Waals surface area contributed by atoms with Gasteiger partial charge in [-0.15, -0.1) is 0 Å². The maximum Gasteiger partial charge on any atom is 0.333 e. The second-order valence-corrected chi connectivity index (χ2v) is 4.37. The van der Waals surface area contributed by atoms with Crippen LogP contribution < -0.4 is 5.32 Å². The quantitative estimate of drug-likeness (QED) is 0.385. The van der Waals surface area contributed by atoms with E-state index in [0.29, 0.717) is 12.1 Å². The molecule has 0 aliphatic rings. The Morgan fingerprint density at radius 3 is 2.41 bits per heavy atom. The second-order valence-electron chi connectivity index (χ2n) is 4.37. The van der Waals surface area contributed by atoms with Crippen LogP contribution in [0.3, 0.4) is 0 Å². The Labute approximate surface area is 104 Å². The first-order valence-corrected chi connectivity index (χ1v) is 6.12. The summed E-state index contributed by atoms with van der Waals surface area (Å²) in [5.74, 6) is -0.300. The topological polar surface area (TPSA) is 58.6 Å². The number of aliphatic hydroxyl groups is 1. The normalized spacial score (nSPS) is 12.6. The van der Waals surface area contributed by atoms with E-state index in [4.69, 9.17) is 0 Å². The first-order valence-electron chi connectivity index (χ1n) is 6.12. The van der Waals surface area contributed by atoms with Crippen LogP contribution in [0.25, 0.3) is 0 Å². The fourth-order valence-corrected chi connectivity index (χ4v) is 1.59. The van der Waals surface area contributed by atoms with E-state index in [1.165, 1.54) is 7.11 Å². The standard InChI is InChI=1S/C13H25NO3/c1-5-13(6-2,10-15)9-14-8-7-11(3)12(16)17-4/h7,14-15H,5-6,8-10H2,1-4H3/b11-7-. The van der Waals surface area contributed by atoms with E-state index in [2.05, 4.69) is 23.9 Å². The van der Waals surface area contributed by atoms with E-state index in [-0.39, 0.29) is 18.0 Å². The van der Waals surface area contributed by atoms with Crippen molar-refractivity contribution in [1.82, 2.24) is 5.32 Å². The number of carbonyl (C=O) groups excluding carboxylic acids is 1. The lowest BCUT2D eigenvalue weighted by Gasteiger charge is -2.29. The predicted octanol–water partition coefficient (Wildman–Crippen LogP) is 1.49. The highest BCUT2D eigenvalue weighted by atomic mass is 16.5. The molecule has 0 aromatic carbocycles. The summed E-state index contributed by atoms with van der Waals surface area (Å²) < 4.78 is 4.60. The molecule has 4 nitrogen and oxygen atoms in total. The summed E-state index contributed by atoms with van der Waals surface area (Å²) in [5.41, 5.74) is 0.551. The van der Waals surface area contributed by atoms with Gasteiger partial charge in [0, 0.05) is 30.7 Å². The lowest BCUT2D eigenvalue weighted by atomic mass is 9.83. The maximum absolute atomic E-state index is 11.1. The summed E-state index contributed by atoms with van der Waals surface area (Å²) in [7, 11) is 1.37. The van der Waals surface area contributed by atoms with Crippen molar-refractivity contribution in [3.8, 4) is 0 Å². The summed E-state index contributed by atoms with van der Waals surface area (Å²) in [4.78, 5) is 11.1. The number of methoxy groups -OCH3 is 1. The Morgan fingerprint density at radius 1 is 1.41 bits per heavy atom. The summed E-state index contributed by atoms with van der Waals surface area (Å²) >= 11 is 0. The highest BCUT2D eigenvalue weighted by Crippen LogP contribution is 2.24. The van der Waals surface area contributed by atoms with Crippen LogP contribution in [-0.2, 0) is 9.53 Å². The monoisotopic (exact) mass is 243 g/mol. The molecule has 0 bridgehead atoms. The van der Waals surface area contributed by atoms with Gasteiger partial charge in [0.05, 0.1) is 7.11 Å². The van der Waals surface area contributed by atoms with Gasteiger partial charge in [-0.05, 0) is 19.8 Å². The predicted molar refractivity (Wildman–Crippen MR) is 68.7 cm³/mol. The smallest absolute Gasteiger partial charge is 0.333 e. The lowest BCUT2D eigenvalue weighted by Crippen LogP contribution is -2.36. The van der Waals surface area contributed by atoms with Crippen molar-refractivity contribution in [2.45, 2.75) is 33.6 Å². The highest BCUT2D eigenvalue weighted by Gasteiger charge is 2.24. The van der Waals surface area contributed by atoms with Gasteiger partial charge in [-0.25, -0.2) is 4.79 Å². The van der Waals surface area contributed by atoms with Crippen LogP contribution in [0.2, 0.25) is 0 Å². The number of rotatable bonds is 8. The van der Waals surface area contributed by atoms with Crippen LogP contribution in [0, 0.1) is 5.41 Å². The zero-order valence-corrected chi connectivity index (χ0v) is 11.4. The number of hydrogen-bond donors (Lipinski definition) is 2. The van der Waals surface area contributed by atoms with Gasteiger partial charge < -0.3 is 15.2 Å². The van der Waals surface area contributed by atoms with Crippen molar-refractivity contribution in [3.05, 3.63) is 11.6 Å². The second kappa shape index (κ2) is 8.25. The van der Waals surface area contributed by atoms with Gasteiger partial charge in [0.15, 0.2) is 0 Å². The zero-order valence-electron chi connectivity index (χ0n) is 11.4. The van der Waals surface area contributed by atoms with Crippen molar-refractivity contribution < 1.29 is 14.6 Å². The maximum atomic E-state index is 11.1. The molecule has 17 heavy (non-hydrogen) atoms. The van der Waals surface area contributed by atoms with E-state index >= 15 is 0 Å². The van der Waals surface area contributed by atoms with E-state index in [0.717, 1.165) is 19.4 Å². The number of esters is 1. The number of nitrogens with one attached hydrogen (secondary N) is 1. The molecule has 0 aromatic rings. The summed E-state index contributed by atoms with van der Waals surface area (Å²) in [6, 6.07) is 0. The molecule has 0 heterocycles. The molecule has 100 valence electrons. The molecule has 0 saturated carbocycles. The third-order valence-corrected chi connectivity index (χ3v) is 3.40. The molecular formula is C13H25NO3. The molecule has 0 radical (unpaired) electrons. The minimum atomic E-state index is -0.300. The minimum Gasteiger partial charge on any atom is -0.466 e. The Kier molecular flexibility index (Phi) is 7.83. The van der Waals surface area contributed by atoms with Crippen LogP contribution in [0.15, 0.2) is 11.6 Å². The van der Waals surface area contributed by atoms with Crippen molar-refractivity contribution >= 4 is 5.97 Å². The molecule has 2 N–H and O–H groups in total. The molecule has 0 fully saturated rings. The zero-order chi connectivity index (χ0) is 13.3. The van der Waals surface area contributed by atoms with Crippen LogP contribution in [0.4, 0.5) is 0 Å². The van der Waals surface area contributed by atoms with E-state index < -0.39 is 0 Å². The van der Waals surface area contributed by atoms with Crippen LogP contribution in [0.5, 0.6) is 0 Å². The molecule has 0 aromatic heterocycles. The van der Waals surface area contributed by atoms with E-state index in [1.54, 1.807) is 13.0 Å². The minimum absolute atomic E-state index is 0.0486. The van der Waals surface area contributed by atoms with Crippen molar-refractivity contribution in [2.24, 2.45) is 5.41 Å². The van der Waals surface area contributed by atoms with Gasteiger partial charge in [-0.2, -0.15) is 0 Å². The molecule has 0 amide bonds. The van der Waals surface area contributed by atoms with Crippen molar-refractivity contribution in [2.75, 3.05) is 26.8 Å². The van der Waals surface area contributed by atoms with Gasteiger partial charge in [-0.1, -0.05) is 19.9 Å². The van der Waals surface area contributed by atoms with Crippen LogP contribution in [0.1, 0.15) is 33.6 Å². The summed E-state index contributed by atoms with van der Waals surface area (Å²) in [6.07, 6.45) is 3.68. The average Bonchev–Trinajstić information content (AvgIpc) is 2.38. The number of aliphatic hydroxyl groups excluding tert-OH is 1. The van der Waals surface area contributed by atoms with E-state index in [9.17, 15) is 9.90 Å².